The number of benzene rings is 1. The largest absolute Gasteiger partial charge is 0.300 e. The van der Waals surface area contributed by atoms with Crippen molar-refractivity contribution in [1.82, 2.24) is 0 Å². The van der Waals surface area contributed by atoms with Crippen LogP contribution in [-0.2, 0) is 11.2 Å². The molecule has 1 aromatic carbocycles. The summed E-state index contributed by atoms with van der Waals surface area (Å²) in [5.74, 6) is 0.379. The third-order valence-electron chi connectivity index (χ3n) is 2.80. The molecule has 0 saturated heterocycles. The fraction of sp³-hybridized carbons (Fsp3) is 0.500. The SMILES string of the molecule is [B]c1ccc(C)c(CCCC(=O)CCC)c1. The molecule has 0 spiro atoms. The van der Waals surface area contributed by atoms with Crippen LogP contribution in [0.3, 0.4) is 0 Å². The van der Waals surface area contributed by atoms with E-state index in [0.29, 0.717) is 12.2 Å². The highest BCUT2D eigenvalue weighted by Gasteiger charge is 2.02. The predicted molar refractivity (Wildman–Crippen MR) is 69.4 cm³/mol. The topological polar surface area (TPSA) is 17.1 Å². The molecular formula is C14H19BO. The molecule has 0 aliphatic rings. The molecule has 84 valence electrons. The number of hydrogen-bond acceptors (Lipinski definition) is 1. The van der Waals surface area contributed by atoms with Crippen molar-refractivity contribution in [2.45, 2.75) is 46.0 Å². The Bertz CT molecular complexity index is 358. The molecular weight excluding hydrogens is 195 g/mol. The Hall–Kier alpha value is -1.05. The molecule has 1 rings (SSSR count). The van der Waals surface area contributed by atoms with Crippen LogP contribution in [0.5, 0.6) is 0 Å². The number of Topliss-reactive ketones (excluding diaryl/α,β-unsaturated/α-hetero) is 1. The zero-order valence-corrected chi connectivity index (χ0v) is 10.3. The van der Waals surface area contributed by atoms with Gasteiger partial charge in [0.2, 0.25) is 0 Å². The first-order chi connectivity index (χ1) is 7.63. The van der Waals surface area contributed by atoms with Gasteiger partial charge in [0.25, 0.3) is 0 Å². The van der Waals surface area contributed by atoms with Crippen molar-refractivity contribution in [2.75, 3.05) is 0 Å². The van der Waals surface area contributed by atoms with Gasteiger partial charge in [0.05, 0.1) is 0 Å². The first kappa shape index (κ1) is 13.0. The van der Waals surface area contributed by atoms with Crippen LogP contribution in [-0.4, -0.2) is 13.6 Å². The highest BCUT2D eigenvalue weighted by atomic mass is 16.1. The maximum Gasteiger partial charge on any atom is 0.132 e. The molecule has 0 saturated carbocycles. The fourth-order valence-corrected chi connectivity index (χ4v) is 1.84. The minimum atomic E-state index is 0.379. The molecule has 0 atom stereocenters. The zero-order valence-electron chi connectivity index (χ0n) is 10.3. The summed E-state index contributed by atoms with van der Waals surface area (Å²) < 4.78 is 0. The molecule has 1 aromatic rings. The molecule has 16 heavy (non-hydrogen) atoms. The summed E-state index contributed by atoms with van der Waals surface area (Å²) in [5.41, 5.74) is 3.34. The van der Waals surface area contributed by atoms with Crippen LogP contribution in [0.4, 0.5) is 0 Å². The Labute approximate surface area is 99.7 Å². The van der Waals surface area contributed by atoms with Gasteiger partial charge >= 0.3 is 0 Å². The van der Waals surface area contributed by atoms with Crippen molar-refractivity contribution in [3.05, 3.63) is 29.3 Å². The summed E-state index contributed by atoms with van der Waals surface area (Å²) in [7, 11) is 5.74. The second-order valence-corrected chi connectivity index (χ2v) is 4.33. The molecule has 2 radical (unpaired) electrons. The Kier molecular flexibility index (Phi) is 5.31. The van der Waals surface area contributed by atoms with Gasteiger partial charge in [-0.15, -0.1) is 0 Å². The van der Waals surface area contributed by atoms with Crippen molar-refractivity contribution < 1.29 is 4.79 Å². The maximum atomic E-state index is 11.4. The summed E-state index contributed by atoms with van der Waals surface area (Å²) in [5, 5.41) is 0. The average Bonchev–Trinajstić information content (AvgIpc) is 2.23. The monoisotopic (exact) mass is 214 g/mol. The van der Waals surface area contributed by atoms with Crippen molar-refractivity contribution in [2.24, 2.45) is 0 Å². The van der Waals surface area contributed by atoms with Crippen LogP contribution < -0.4 is 5.46 Å². The molecule has 0 N–H and O–H groups in total. The first-order valence-corrected chi connectivity index (χ1v) is 6.00. The number of rotatable bonds is 6. The van der Waals surface area contributed by atoms with Crippen molar-refractivity contribution >= 4 is 19.1 Å². The lowest BCUT2D eigenvalue weighted by atomic mass is 9.90. The summed E-state index contributed by atoms with van der Waals surface area (Å²) in [6, 6.07) is 5.97. The van der Waals surface area contributed by atoms with E-state index < -0.39 is 0 Å². The Morgan fingerprint density at radius 3 is 2.75 bits per heavy atom. The van der Waals surface area contributed by atoms with Gasteiger partial charge in [-0.1, -0.05) is 30.6 Å². The van der Waals surface area contributed by atoms with Crippen LogP contribution in [0.1, 0.15) is 43.7 Å². The van der Waals surface area contributed by atoms with E-state index in [4.69, 9.17) is 7.85 Å². The summed E-state index contributed by atoms with van der Waals surface area (Å²) in [6.07, 6.45) is 4.25. The van der Waals surface area contributed by atoms with E-state index in [1.165, 1.54) is 11.1 Å². The van der Waals surface area contributed by atoms with Gasteiger partial charge in [-0.2, -0.15) is 0 Å². The number of carbonyl (C=O) groups is 1. The van der Waals surface area contributed by atoms with Crippen LogP contribution in [0.25, 0.3) is 0 Å². The van der Waals surface area contributed by atoms with Crippen LogP contribution >= 0.6 is 0 Å². The van der Waals surface area contributed by atoms with Crippen LogP contribution in [0.2, 0.25) is 0 Å². The van der Waals surface area contributed by atoms with Crippen molar-refractivity contribution in [3.8, 4) is 0 Å². The van der Waals surface area contributed by atoms with E-state index >= 15 is 0 Å². The second kappa shape index (κ2) is 6.52. The molecule has 2 heteroatoms. The highest BCUT2D eigenvalue weighted by molar-refractivity contribution is 6.32. The maximum absolute atomic E-state index is 11.4. The molecule has 0 heterocycles. The average molecular weight is 214 g/mol. The van der Waals surface area contributed by atoms with Crippen LogP contribution in [0, 0.1) is 6.92 Å². The molecule has 0 aromatic heterocycles. The molecule has 0 unspecified atom stereocenters. The lowest BCUT2D eigenvalue weighted by Gasteiger charge is -2.06. The van der Waals surface area contributed by atoms with Gasteiger partial charge in [0, 0.05) is 12.8 Å². The molecule has 0 amide bonds. The Morgan fingerprint density at radius 2 is 2.06 bits per heavy atom. The van der Waals surface area contributed by atoms with E-state index in [2.05, 4.69) is 6.92 Å². The summed E-state index contributed by atoms with van der Waals surface area (Å²) in [4.78, 5) is 11.4. The second-order valence-electron chi connectivity index (χ2n) is 4.33. The zero-order chi connectivity index (χ0) is 12.0. The van der Waals surface area contributed by atoms with E-state index in [9.17, 15) is 4.79 Å². The quantitative estimate of drug-likeness (QED) is 0.665. The van der Waals surface area contributed by atoms with Gasteiger partial charge in [-0.3, -0.25) is 4.79 Å². The smallest absolute Gasteiger partial charge is 0.132 e. The van der Waals surface area contributed by atoms with Gasteiger partial charge < -0.3 is 0 Å². The predicted octanol–water partition coefficient (Wildman–Crippen LogP) is 2.48. The van der Waals surface area contributed by atoms with E-state index in [1.807, 2.05) is 25.1 Å². The molecule has 0 fully saturated rings. The van der Waals surface area contributed by atoms with Crippen molar-refractivity contribution in [1.29, 1.82) is 0 Å². The Morgan fingerprint density at radius 1 is 1.31 bits per heavy atom. The van der Waals surface area contributed by atoms with E-state index in [1.54, 1.807) is 0 Å². The molecule has 0 aliphatic heterocycles. The van der Waals surface area contributed by atoms with Crippen LogP contribution in [0.15, 0.2) is 18.2 Å². The summed E-state index contributed by atoms with van der Waals surface area (Å²) >= 11 is 0. The number of aryl methyl sites for hydroxylation is 2. The Balaban J connectivity index is 2.42. The molecule has 0 bridgehead atoms. The van der Waals surface area contributed by atoms with Crippen molar-refractivity contribution in [3.63, 3.8) is 0 Å². The minimum absolute atomic E-state index is 0.379. The van der Waals surface area contributed by atoms with E-state index in [0.717, 1.165) is 31.1 Å². The molecule has 1 nitrogen and oxygen atoms in total. The number of carbonyl (C=O) groups excluding carboxylic acids is 1. The highest BCUT2D eigenvalue weighted by Crippen LogP contribution is 2.10. The third kappa shape index (κ3) is 4.22. The van der Waals surface area contributed by atoms with Gasteiger partial charge in [-0.05, 0) is 37.3 Å². The fourth-order valence-electron chi connectivity index (χ4n) is 1.84. The summed E-state index contributed by atoms with van der Waals surface area (Å²) in [6.45, 7) is 4.13. The van der Waals surface area contributed by atoms with Gasteiger partial charge in [0.15, 0.2) is 0 Å². The number of hydrogen-bond donors (Lipinski definition) is 0. The first-order valence-electron chi connectivity index (χ1n) is 6.00. The van der Waals surface area contributed by atoms with E-state index in [-0.39, 0.29) is 0 Å². The minimum Gasteiger partial charge on any atom is -0.300 e. The number of ketones is 1. The third-order valence-corrected chi connectivity index (χ3v) is 2.80. The van der Waals surface area contributed by atoms with Gasteiger partial charge in [0.1, 0.15) is 13.6 Å². The lowest BCUT2D eigenvalue weighted by Crippen LogP contribution is -2.05. The molecule has 0 aliphatic carbocycles. The normalized spacial score (nSPS) is 10.4. The lowest BCUT2D eigenvalue weighted by molar-refractivity contribution is -0.119. The van der Waals surface area contributed by atoms with Gasteiger partial charge in [-0.25, -0.2) is 0 Å². The standard InChI is InChI=1S/C14H19BO/c1-3-5-14(16)7-4-6-12-10-13(15)9-8-11(12)2/h8-10H,3-7H2,1-2H3.